The monoisotopic (exact) mass is 425 g/mol. The number of likely N-dealkylation sites (N-methyl/N-ethyl adjacent to an activating group) is 1. The molecule has 1 atom stereocenters. The molecule has 4 aromatic heterocycles. The van der Waals surface area contributed by atoms with Gasteiger partial charge < -0.3 is 10.2 Å². The van der Waals surface area contributed by atoms with Gasteiger partial charge in [-0.25, -0.2) is 9.67 Å². The lowest BCUT2D eigenvalue weighted by atomic mass is 10.1. The predicted octanol–water partition coefficient (Wildman–Crippen LogP) is 3.94. The number of carbonyl (C=O) groups is 1. The molecule has 0 aliphatic heterocycles. The molecule has 0 saturated carbocycles. The minimum atomic E-state index is -0.0976. The van der Waals surface area contributed by atoms with Crippen LogP contribution in [0.2, 0.25) is 0 Å². The van der Waals surface area contributed by atoms with Gasteiger partial charge in [-0.15, -0.1) is 22.7 Å². The summed E-state index contributed by atoms with van der Waals surface area (Å²) in [5, 5.41) is 12.5. The van der Waals surface area contributed by atoms with Crippen molar-refractivity contribution in [3.05, 3.63) is 68.3 Å². The Morgan fingerprint density at radius 2 is 2.03 bits per heavy atom. The van der Waals surface area contributed by atoms with Gasteiger partial charge in [0.15, 0.2) is 5.65 Å². The Morgan fingerprint density at radius 3 is 2.72 bits per heavy atom. The highest BCUT2D eigenvalue weighted by molar-refractivity contribution is 7.10. The van der Waals surface area contributed by atoms with Crippen LogP contribution in [0, 0.1) is 6.92 Å². The number of thiophene rings is 2. The van der Waals surface area contributed by atoms with E-state index in [9.17, 15) is 4.79 Å². The zero-order valence-electron chi connectivity index (χ0n) is 16.6. The molecule has 1 amide bonds. The van der Waals surface area contributed by atoms with Crippen molar-refractivity contribution >= 4 is 39.6 Å². The third-order valence-corrected chi connectivity index (χ3v) is 6.65. The molecule has 0 fully saturated rings. The maximum atomic E-state index is 13.0. The van der Waals surface area contributed by atoms with Gasteiger partial charge in [0.05, 0.1) is 29.7 Å². The van der Waals surface area contributed by atoms with Crippen LogP contribution in [0.25, 0.3) is 11.0 Å². The van der Waals surface area contributed by atoms with Crippen molar-refractivity contribution in [3.63, 3.8) is 0 Å². The lowest BCUT2D eigenvalue weighted by molar-refractivity contribution is 0.0944. The topological polar surface area (TPSA) is 63.1 Å². The third kappa shape index (κ3) is 4.24. The summed E-state index contributed by atoms with van der Waals surface area (Å²) in [7, 11) is 4.06. The lowest BCUT2D eigenvalue weighted by Crippen LogP contribution is -2.34. The molecule has 0 spiro atoms. The molecular weight excluding hydrogens is 402 g/mol. The molecule has 0 aromatic carbocycles. The largest absolute Gasteiger partial charge is 0.350 e. The van der Waals surface area contributed by atoms with Crippen molar-refractivity contribution in [1.82, 2.24) is 25.0 Å². The van der Waals surface area contributed by atoms with E-state index in [1.807, 2.05) is 49.3 Å². The second kappa shape index (κ2) is 8.44. The number of amides is 1. The summed E-state index contributed by atoms with van der Waals surface area (Å²) >= 11 is 3.39. The number of hydrogen-bond donors (Lipinski definition) is 1. The van der Waals surface area contributed by atoms with Crippen LogP contribution in [-0.2, 0) is 6.54 Å². The fourth-order valence-electron chi connectivity index (χ4n) is 3.33. The second-order valence-electron chi connectivity index (χ2n) is 7.13. The van der Waals surface area contributed by atoms with Crippen molar-refractivity contribution < 1.29 is 4.79 Å². The first-order chi connectivity index (χ1) is 14.0. The highest BCUT2D eigenvalue weighted by Crippen LogP contribution is 2.24. The van der Waals surface area contributed by atoms with Crippen molar-refractivity contribution in [2.24, 2.45) is 0 Å². The zero-order chi connectivity index (χ0) is 20.4. The van der Waals surface area contributed by atoms with E-state index in [2.05, 4.69) is 37.8 Å². The number of rotatable bonds is 7. The van der Waals surface area contributed by atoms with E-state index in [-0.39, 0.29) is 11.9 Å². The number of hydrogen-bond acceptors (Lipinski definition) is 6. The summed E-state index contributed by atoms with van der Waals surface area (Å²) in [5.74, 6) is -0.0976. The van der Waals surface area contributed by atoms with Gasteiger partial charge in [0.2, 0.25) is 0 Å². The summed E-state index contributed by atoms with van der Waals surface area (Å²) in [5.41, 5.74) is 2.16. The van der Waals surface area contributed by atoms with Gasteiger partial charge in [0.25, 0.3) is 5.91 Å². The van der Waals surface area contributed by atoms with Crippen LogP contribution in [0.5, 0.6) is 0 Å². The fraction of sp³-hybridized carbons (Fsp3) is 0.286. The van der Waals surface area contributed by atoms with Crippen LogP contribution in [0.4, 0.5) is 0 Å². The molecule has 150 valence electrons. The highest BCUT2D eigenvalue weighted by Gasteiger charge is 2.20. The van der Waals surface area contributed by atoms with E-state index < -0.39 is 0 Å². The first-order valence-corrected chi connectivity index (χ1v) is 11.1. The Hall–Kier alpha value is -2.55. The second-order valence-corrected chi connectivity index (χ2v) is 9.15. The quantitative estimate of drug-likeness (QED) is 0.487. The zero-order valence-corrected chi connectivity index (χ0v) is 18.3. The smallest absolute Gasteiger partial charge is 0.252 e. The van der Waals surface area contributed by atoms with Crippen LogP contribution in [-0.4, -0.2) is 46.2 Å². The highest BCUT2D eigenvalue weighted by atomic mass is 32.1. The Morgan fingerprint density at radius 1 is 1.24 bits per heavy atom. The molecular formula is C21H23N5OS2. The number of nitrogens with zero attached hydrogens (tertiary/aromatic N) is 4. The van der Waals surface area contributed by atoms with Gasteiger partial charge >= 0.3 is 0 Å². The fourth-order valence-corrected chi connectivity index (χ4v) is 4.94. The molecule has 1 unspecified atom stereocenters. The standard InChI is InChI=1S/C21H23N5OS2/c1-14-10-16(21(27)22-12-18(25(2)3)19-7-5-9-29-19)17-11-23-26(20(17)24-14)13-15-6-4-8-28-15/h4-11,18H,12-13H2,1-3H3,(H,22,27). The van der Waals surface area contributed by atoms with E-state index in [0.29, 0.717) is 18.7 Å². The molecule has 0 aliphatic carbocycles. The van der Waals surface area contributed by atoms with Gasteiger partial charge in [0, 0.05) is 22.0 Å². The molecule has 29 heavy (non-hydrogen) atoms. The molecule has 1 N–H and O–H groups in total. The summed E-state index contributed by atoms with van der Waals surface area (Å²) in [6.45, 7) is 3.10. The summed E-state index contributed by atoms with van der Waals surface area (Å²) in [6.07, 6.45) is 1.74. The van der Waals surface area contributed by atoms with Crippen LogP contribution in [0.15, 0.2) is 47.3 Å². The summed E-state index contributed by atoms with van der Waals surface area (Å²) < 4.78 is 1.86. The van der Waals surface area contributed by atoms with E-state index in [0.717, 1.165) is 16.7 Å². The Labute approximate surface area is 177 Å². The van der Waals surface area contributed by atoms with Crippen LogP contribution in [0.3, 0.4) is 0 Å². The van der Waals surface area contributed by atoms with E-state index in [1.165, 1.54) is 9.75 Å². The van der Waals surface area contributed by atoms with Gasteiger partial charge in [-0.05, 0) is 50.0 Å². The average molecular weight is 426 g/mol. The first kappa shape index (κ1) is 19.8. The maximum Gasteiger partial charge on any atom is 0.252 e. The van der Waals surface area contributed by atoms with Gasteiger partial charge in [-0.1, -0.05) is 12.1 Å². The van der Waals surface area contributed by atoms with Crippen molar-refractivity contribution in [1.29, 1.82) is 0 Å². The van der Waals surface area contributed by atoms with Gasteiger partial charge in [-0.2, -0.15) is 5.10 Å². The Balaban J connectivity index is 1.58. The number of pyridine rings is 1. The Kier molecular flexibility index (Phi) is 5.75. The maximum absolute atomic E-state index is 13.0. The van der Waals surface area contributed by atoms with Crippen molar-refractivity contribution in [2.45, 2.75) is 19.5 Å². The molecule has 4 heterocycles. The number of aryl methyl sites for hydroxylation is 1. The van der Waals surface area contributed by atoms with Crippen LogP contribution >= 0.6 is 22.7 Å². The number of nitrogens with one attached hydrogen (secondary N) is 1. The normalized spacial score (nSPS) is 12.6. The molecule has 0 aliphatic rings. The Bertz CT molecular complexity index is 1100. The third-order valence-electron chi connectivity index (χ3n) is 4.82. The molecule has 0 radical (unpaired) electrons. The van der Waals surface area contributed by atoms with Crippen LogP contribution < -0.4 is 5.32 Å². The van der Waals surface area contributed by atoms with Crippen molar-refractivity contribution in [2.75, 3.05) is 20.6 Å². The molecule has 0 bridgehead atoms. The SMILES string of the molecule is Cc1cc(C(=O)NCC(c2cccs2)N(C)C)c2cnn(Cc3cccs3)c2n1. The van der Waals surface area contributed by atoms with Gasteiger partial charge in [-0.3, -0.25) is 4.79 Å². The molecule has 6 nitrogen and oxygen atoms in total. The number of aromatic nitrogens is 3. The minimum absolute atomic E-state index is 0.0976. The molecule has 0 saturated heterocycles. The molecule has 4 rings (SSSR count). The predicted molar refractivity (Wildman–Crippen MR) is 119 cm³/mol. The lowest BCUT2D eigenvalue weighted by Gasteiger charge is -2.23. The van der Waals surface area contributed by atoms with Gasteiger partial charge in [0.1, 0.15) is 0 Å². The average Bonchev–Trinajstić information content (AvgIpc) is 3.44. The van der Waals surface area contributed by atoms with E-state index in [1.54, 1.807) is 28.9 Å². The van der Waals surface area contributed by atoms with Crippen LogP contribution in [0.1, 0.15) is 31.8 Å². The first-order valence-electron chi connectivity index (χ1n) is 9.36. The molecule has 4 aromatic rings. The minimum Gasteiger partial charge on any atom is -0.350 e. The van der Waals surface area contributed by atoms with Crippen molar-refractivity contribution in [3.8, 4) is 0 Å². The van der Waals surface area contributed by atoms with E-state index >= 15 is 0 Å². The summed E-state index contributed by atoms with van der Waals surface area (Å²) in [6, 6.07) is 10.2. The molecule has 8 heteroatoms. The number of carbonyl (C=O) groups excluding carboxylic acids is 1. The number of fused-ring (bicyclic) bond motifs is 1. The summed E-state index contributed by atoms with van der Waals surface area (Å²) in [4.78, 5) is 22.2. The van der Waals surface area contributed by atoms with E-state index in [4.69, 9.17) is 0 Å².